The van der Waals surface area contributed by atoms with Gasteiger partial charge in [0.05, 0.1) is 5.69 Å². The number of aryl methyl sites for hydroxylation is 2. The highest BCUT2D eigenvalue weighted by Gasteiger charge is 2.31. The van der Waals surface area contributed by atoms with Gasteiger partial charge in [-0.3, -0.25) is 4.68 Å². The molecule has 2 atom stereocenters. The quantitative estimate of drug-likeness (QED) is 0.889. The smallest absolute Gasteiger partial charge is 0.0596 e. The van der Waals surface area contributed by atoms with Crippen LogP contribution in [-0.2, 0) is 13.5 Å². The fourth-order valence-corrected chi connectivity index (χ4v) is 2.74. The van der Waals surface area contributed by atoms with Crippen LogP contribution in [0.25, 0.3) is 0 Å². The largest absolute Gasteiger partial charge is 0.312 e. The molecule has 0 aromatic carbocycles. The molecule has 1 aliphatic carbocycles. The Balaban J connectivity index is 1.85. The summed E-state index contributed by atoms with van der Waals surface area (Å²) in [6, 6.07) is 2.23. The molecule has 0 saturated heterocycles. The van der Waals surface area contributed by atoms with E-state index in [4.69, 9.17) is 0 Å². The molecular weight excluding hydrogens is 222 g/mol. The van der Waals surface area contributed by atoms with Crippen molar-refractivity contribution in [3.63, 3.8) is 0 Å². The first-order chi connectivity index (χ1) is 8.35. The van der Waals surface area contributed by atoms with Gasteiger partial charge < -0.3 is 5.32 Å². The van der Waals surface area contributed by atoms with Crippen LogP contribution in [-0.4, -0.2) is 21.9 Å². The van der Waals surface area contributed by atoms with E-state index in [1.807, 2.05) is 4.68 Å². The molecule has 1 aromatic rings. The Labute approximate surface area is 111 Å². The monoisotopic (exact) mass is 249 g/mol. The Hall–Kier alpha value is -0.830. The minimum absolute atomic E-state index is 0.239. The Morgan fingerprint density at radius 2 is 2.00 bits per heavy atom. The summed E-state index contributed by atoms with van der Waals surface area (Å²) in [6.45, 7) is 9.95. The van der Waals surface area contributed by atoms with Crippen molar-refractivity contribution >= 4 is 0 Å². The lowest BCUT2D eigenvalue weighted by Gasteiger charge is -2.38. The van der Waals surface area contributed by atoms with Gasteiger partial charge in [-0.2, -0.15) is 5.10 Å². The molecular formula is C15H27N3. The van der Waals surface area contributed by atoms with Crippen LogP contribution in [0, 0.1) is 18.8 Å². The van der Waals surface area contributed by atoms with E-state index in [9.17, 15) is 0 Å². The maximum Gasteiger partial charge on any atom is 0.0596 e. The summed E-state index contributed by atoms with van der Waals surface area (Å²) in [6.07, 6.45) is 3.94. The van der Waals surface area contributed by atoms with E-state index in [2.05, 4.69) is 51.2 Å². The molecule has 18 heavy (non-hydrogen) atoms. The first-order valence-corrected chi connectivity index (χ1v) is 7.10. The van der Waals surface area contributed by atoms with Crippen LogP contribution >= 0.6 is 0 Å². The molecule has 102 valence electrons. The van der Waals surface area contributed by atoms with Gasteiger partial charge in [-0.15, -0.1) is 0 Å². The highest BCUT2D eigenvalue weighted by Crippen LogP contribution is 2.36. The summed E-state index contributed by atoms with van der Waals surface area (Å²) in [7, 11) is 2.06. The zero-order valence-corrected chi connectivity index (χ0v) is 12.5. The highest BCUT2D eigenvalue weighted by molar-refractivity contribution is 5.10. The normalized spacial score (nSPS) is 24.1. The molecule has 1 N–H and O–H groups in total. The van der Waals surface area contributed by atoms with Gasteiger partial charge >= 0.3 is 0 Å². The average Bonchev–Trinajstić information content (AvgIpc) is 2.50. The van der Waals surface area contributed by atoms with E-state index >= 15 is 0 Å². The zero-order valence-electron chi connectivity index (χ0n) is 12.5. The van der Waals surface area contributed by atoms with Gasteiger partial charge in [0.25, 0.3) is 0 Å². The summed E-state index contributed by atoms with van der Waals surface area (Å²) in [5.41, 5.74) is 2.76. The van der Waals surface area contributed by atoms with Crippen LogP contribution in [0.15, 0.2) is 6.07 Å². The molecule has 1 aromatic heterocycles. The fourth-order valence-electron chi connectivity index (χ4n) is 2.74. The van der Waals surface area contributed by atoms with E-state index in [1.165, 1.54) is 25.0 Å². The second-order valence-corrected chi connectivity index (χ2v) is 6.83. The maximum atomic E-state index is 4.43. The first kappa shape index (κ1) is 13.6. The summed E-state index contributed by atoms with van der Waals surface area (Å²) in [5.74, 6) is 1.69. The van der Waals surface area contributed by atoms with Crippen molar-refractivity contribution in [2.75, 3.05) is 6.54 Å². The van der Waals surface area contributed by atoms with Crippen LogP contribution < -0.4 is 5.32 Å². The van der Waals surface area contributed by atoms with Gasteiger partial charge in [0, 0.05) is 18.3 Å². The lowest BCUT2D eigenvalue weighted by atomic mass is 9.71. The van der Waals surface area contributed by atoms with E-state index in [0.717, 1.165) is 24.1 Å². The molecule has 3 heteroatoms. The molecule has 0 spiro atoms. The van der Waals surface area contributed by atoms with Gasteiger partial charge in [0.2, 0.25) is 0 Å². The predicted octanol–water partition coefficient (Wildman–Crippen LogP) is 2.69. The zero-order chi connectivity index (χ0) is 13.3. The van der Waals surface area contributed by atoms with E-state index < -0.39 is 0 Å². The van der Waals surface area contributed by atoms with Crippen molar-refractivity contribution in [3.05, 3.63) is 17.5 Å². The number of rotatable bonds is 4. The van der Waals surface area contributed by atoms with E-state index in [0.29, 0.717) is 0 Å². The summed E-state index contributed by atoms with van der Waals surface area (Å²) >= 11 is 0. The number of nitrogens with zero attached hydrogens (tertiary/aromatic N) is 2. The van der Waals surface area contributed by atoms with Gasteiger partial charge in [0.15, 0.2) is 0 Å². The molecule has 2 unspecified atom stereocenters. The van der Waals surface area contributed by atoms with Crippen molar-refractivity contribution < 1.29 is 0 Å². The maximum absolute atomic E-state index is 4.43. The van der Waals surface area contributed by atoms with Gasteiger partial charge in [-0.1, -0.05) is 0 Å². The highest BCUT2D eigenvalue weighted by atomic mass is 15.3. The van der Waals surface area contributed by atoms with Crippen LogP contribution in [0.1, 0.15) is 45.0 Å². The molecule has 1 heterocycles. The standard InChI is InChI=1S/C15H27N3/c1-11-8-14(18(5)17-11)9-12-6-7-13(12)10-16-15(2,3)4/h8,12-13,16H,6-7,9-10H2,1-5H3. The van der Waals surface area contributed by atoms with Crippen molar-refractivity contribution in [3.8, 4) is 0 Å². The van der Waals surface area contributed by atoms with Crippen molar-refractivity contribution in [1.82, 2.24) is 15.1 Å². The number of nitrogens with one attached hydrogen (secondary N) is 1. The minimum Gasteiger partial charge on any atom is -0.312 e. The molecule has 3 nitrogen and oxygen atoms in total. The molecule has 0 aliphatic heterocycles. The third-order valence-corrected chi connectivity index (χ3v) is 4.04. The Morgan fingerprint density at radius 1 is 1.33 bits per heavy atom. The summed E-state index contributed by atoms with van der Waals surface area (Å²) in [4.78, 5) is 0. The molecule has 1 aliphatic rings. The Bertz CT molecular complexity index is 400. The molecule has 0 radical (unpaired) electrons. The lowest BCUT2D eigenvalue weighted by molar-refractivity contribution is 0.157. The van der Waals surface area contributed by atoms with Gasteiger partial charge in [-0.25, -0.2) is 0 Å². The second-order valence-electron chi connectivity index (χ2n) is 6.83. The number of hydrogen-bond acceptors (Lipinski definition) is 2. The molecule has 0 bridgehead atoms. The van der Waals surface area contributed by atoms with Gasteiger partial charge in [0.1, 0.15) is 0 Å². The van der Waals surface area contributed by atoms with Crippen molar-refractivity contribution in [2.45, 2.75) is 52.5 Å². The SMILES string of the molecule is Cc1cc(CC2CCC2CNC(C)(C)C)n(C)n1. The molecule has 2 rings (SSSR count). The van der Waals surface area contributed by atoms with Crippen LogP contribution in [0.4, 0.5) is 0 Å². The predicted molar refractivity (Wildman–Crippen MR) is 75.6 cm³/mol. The third-order valence-electron chi connectivity index (χ3n) is 4.04. The summed E-state index contributed by atoms with van der Waals surface area (Å²) < 4.78 is 2.04. The minimum atomic E-state index is 0.239. The number of hydrogen-bond donors (Lipinski definition) is 1. The van der Waals surface area contributed by atoms with Crippen LogP contribution in [0.5, 0.6) is 0 Å². The van der Waals surface area contributed by atoms with E-state index in [1.54, 1.807) is 0 Å². The molecule has 1 saturated carbocycles. The van der Waals surface area contributed by atoms with Crippen molar-refractivity contribution in [2.24, 2.45) is 18.9 Å². The topological polar surface area (TPSA) is 29.9 Å². The average molecular weight is 249 g/mol. The Kier molecular flexibility index (Phi) is 3.81. The van der Waals surface area contributed by atoms with E-state index in [-0.39, 0.29) is 5.54 Å². The third kappa shape index (κ3) is 3.35. The van der Waals surface area contributed by atoms with Crippen molar-refractivity contribution in [1.29, 1.82) is 0 Å². The fraction of sp³-hybridized carbons (Fsp3) is 0.800. The van der Waals surface area contributed by atoms with Crippen LogP contribution in [0.2, 0.25) is 0 Å². The Morgan fingerprint density at radius 3 is 2.44 bits per heavy atom. The van der Waals surface area contributed by atoms with Gasteiger partial charge in [-0.05, 0) is 71.4 Å². The lowest BCUT2D eigenvalue weighted by Crippen LogP contribution is -2.44. The second kappa shape index (κ2) is 5.04. The molecule has 0 amide bonds. The number of aromatic nitrogens is 2. The summed E-state index contributed by atoms with van der Waals surface area (Å²) in [5, 5.41) is 8.07. The first-order valence-electron chi connectivity index (χ1n) is 7.10. The molecule has 1 fully saturated rings. The van der Waals surface area contributed by atoms with Crippen LogP contribution in [0.3, 0.4) is 0 Å².